The second-order valence-corrected chi connectivity index (χ2v) is 7.09. The molecule has 1 fully saturated rings. The SMILES string of the molecule is CC1CCC(C(=O)NCCC(CCC(=O)O)C(C)(C)C)O1. The summed E-state index contributed by atoms with van der Waals surface area (Å²) in [7, 11) is 0. The van der Waals surface area contributed by atoms with Crippen LogP contribution in [0.4, 0.5) is 0 Å². The lowest BCUT2D eigenvalue weighted by Gasteiger charge is -2.30. The highest BCUT2D eigenvalue weighted by atomic mass is 16.5. The normalized spacial score (nSPS) is 23.8. The Morgan fingerprint density at radius 2 is 1.95 bits per heavy atom. The van der Waals surface area contributed by atoms with Gasteiger partial charge in [-0.1, -0.05) is 20.8 Å². The molecular weight excluding hydrogens is 270 g/mol. The maximum absolute atomic E-state index is 12.0. The van der Waals surface area contributed by atoms with Crippen LogP contribution in [0.1, 0.15) is 59.8 Å². The molecule has 1 amide bonds. The van der Waals surface area contributed by atoms with Gasteiger partial charge in [0.1, 0.15) is 6.10 Å². The van der Waals surface area contributed by atoms with Gasteiger partial charge < -0.3 is 15.2 Å². The molecule has 2 N–H and O–H groups in total. The summed E-state index contributed by atoms with van der Waals surface area (Å²) in [6.07, 6.45) is 3.19. The third-order valence-corrected chi connectivity index (χ3v) is 4.25. The first kappa shape index (κ1) is 18.0. The van der Waals surface area contributed by atoms with Crippen molar-refractivity contribution in [3.8, 4) is 0 Å². The topological polar surface area (TPSA) is 75.6 Å². The largest absolute Gasteiger partial charge is 0.481 e. The van der Waals surface area contributed by atoms with Crippen LogP contribution in [0.2, 0.25) is 0 Å². The van der Waals surface area contributed by atoms with Crippen LogP contribution < -0.4 is 5.32 Å². The summed E-state index contributed by atoms with van der Waals surface area (Å²) < 4.78 is 5.54. The third-order valence-electron chi connectivity index (χ3n) is 4.25. The van der Waals surface area contributed by atoms with Crippen LogP contribution >= 0.6 is 0 Å². The summed E-state index contributed by atoms with van der Waals surface area (Å²) in [4.78, 5) is 22.7. The predicted molar refractivity (Wildman–Crippen MR) is 81.0 cm³/mol. The minimum absolute atomic E-state index is 0.0368. The Balaban J connectivity index is 2.35. The Hall–Kier alpha value is -1.10. The lowest BCUT2D eigenvalue weighted by atomic mass is 9.76. The van der Waals surface area contributed by atoms with Crippen LogP contribution in [-0.4, -0.2) is 35.7 Å². The Kier molecular flexibility index (Phi) is 6.65. The third kappa shape index (κ3) is 6.46. The van der Waals surface area contributed by atoms with E-state index in [9.17, 15) is 9.59 Å². The second-order valence-electron chi connectivity index (χ2n) is 7.09. The van der Waals surface area contributed by atoms with E-state index in [1.54, 1.807) is 0 Å². The first-order chi connectivity index (χ1) is 9.70. The summed E-state index contributed by atoms with van der Waals surface area (Å²) >= 11 is 0. The van der Waals surface area contributed by atoms with Gasteiger partial charge in [0.15, 0.2) is 0 Å². The van der Waals surface area contributed by atoms with Crippen LogP contribution in [0.25, 0.3) is 0 Å². The Bertz CT molecular complexity index is 362. The number of carboxylic acids is 1. The number of carbonyl (C=O) groups excluding carboxylic acids is 1. The van der Waals surface area contributed by atoms with E-state index in [4.69, 9.17) is 9.84 Å². The summed E-state index contributed by atoms with van der Waals surface area (Å²) in [6, 6.07) is 0. The standard InChI is InChI=1S/C16H29NO4/c1-11-5-7-13(21-11)15(20)17-10-9-12(16(2,3)4)6-8-14(18)19/h11-13H,5-10H2,1-4H3,(H,17,20)(H,18,19). The van der Waals surface area contributed by atoms with Crippen molar-refractivity contribution in [1.82, 2.24) is 5.32 Å². The second kappa shape index (κ2) is 7.78. The van der Waals surface area contributed by atoms with Crippen molar-refractivity contribution in [3.63, 3.8) is 0 Å². The van der Waals surface area contributed by atoms with Crippen LogP contribution in [0, 0.1) is 11.3 Å². The van der Waals surface area contributed by atoms with Crippen LogP contribution in [0.15, 0.2) is 0 Å². The molecule has 21 heavy (non-hydrogen) atoms. The summed E-state index contributed by atoms with van der Waals surface area (Å²) in [6.45, 7) is 8.90. The molecule has 1 aliphatic heterocycles. The van der Waals surface area contributed by atoms with Gasteiger partial charge in [-0.05, 0) is 43.9 Å². The van der Waals surface area contributed by atoms with Crippen molar-refractivity contribution in [1.29, 1.82) is 0 Å². The molecule has 1 rings (SSSR count). The van der Waals surface area contributed by atoms with Gasteiger partial charge in [-0.3, -0.25) is 9.59 Å². The van der Waals surface area contributed by atoms with E-state index < -0.39 is 5.97 Å². The Morgan fingerprint density at radius 1 is 1.29 bits per heavy atom. The fraction of sp³-hybridized carbons (Fsp3) is 0.875. The molecule has 0 aromatic rings. The van der Waals surface area contributed by atoms with Gasteiger partial charge in [-0.15, -0.1) is 0 Å². The zero-order valence-corrected chi connectivity index (χ0v) is 13.6. The first-order valence-corrected chi connectivity index (χ1v) is 7.85. The number of rotatable bonds is 7. The van der Waals surface area contributed by atoms with Crippen molar-refractivity contribution in [3.05, 3.63) is 0 Å². The molecule has 5 nitrogen and oxygen atoms in total. The van der Waals surface area contributed by atoms with Crippen molar-refractivity contribution < 1.29 is 19.4 Å². The minimum Gasteiger partial charge on any atom is -0.481 e. The average molecular weight is 299 g/mol. The molecule has 5 heteroatoms. The predicted octanol–water partition coefficient (Wildman–Crippen LogP) is 2.59. The molecule has 0 aromatic heterocycles. The monoisotopic (exact) mass is 299 g/mol. The van der Waals surface area contributed by atoms with E-state index in [1.807, 2.05) is 6.92 Å². The maximum Gasteiger partial charge on any atom is 0.303 e. The van der Waals surface area contributed by atoms with Crippen molar-refractivity contribution in [2.24, 2.45) is 11.3 Å². The van der Waals surface area contributed by atoms with Gasteiger partial charge in [0.25, 0.3) is 0 Å². The summed E-state index contributed by atoms with van der Waals surface area (Å²) in [5, 5.41) is 11.7. The van der Waals surface area contributed by atoms with Gasteiger partial charge in [0.05, 0.1) is 6.10 Å². The molecule has 0 saturated carbocycles. The average Bonchev–Trinajstić information content (AvgIpc) is 2.78. The number of aliphatic carboxylic acids is 1. The molecule has 3 atom stereocenters. The molecule has 0 aliphatic carbocycles. The van der Waals surface area contributed by atoms with E-state index in [0.717, 1.165) is 19.3 Å². The van der Waals surface area contributed by atoms with E-state index in [2.05, 4.69) is 26.1 Å². The van der Waals surface area contributed by atoms with Crippen LogP contribution in [-0.2, 0) is 14.3 Å². The molecule has 0 bridgehead atoms. The lowest BCUT2D eigenvalue weighted by Crippen LogP contribution is -2.36. The van der Waals surface area contributed by atoms with E-state index in [0.29, 0.717) is 13.0 Å². The molecular formula is C16H29NO4. The van der Waals surface area contributed by atoms with E-state index in [-0.39, 0.29) is 35.9 Å². The number of carbonyl (C=O) groups is 2. The molecule has 0 radical (unpaired) electrons. The molecule has 0 aromatic carbocycles. The van der Waals surface area contributed by atoms with E-state index >= 15 is 0 Å². The number of hydrogen-bond acceptors (Lipinski definition) is 3. The van der Waals surface area contributed by atoms with Crippen molar-refractivity contribution in [2.45, 2.75) is 72.0 Å². The van der Waals surface area contributed by atoms with Crippen molar-refractivity contribution in [2.75, 3.05) is 6.54 Å². The van der Waals surface area contributed by atoms with Gasteiger partial charge in [0.2, 0.25) is 5.91 Å². The minimum atomic E-state index is -0.762. The number of carboxylic acid groups (broad SMARTS) is 1. The zero-order chi connectivity index (χ0) is 16.0. The molecule has 122 valence electrons. The Labute approximate surface area is 127 Å². The molecule has 1 aliphatic rings. The van der Waals surface area contributed by atoms with Gasteiger partial charge in [0, 0.05) is 13.0 Å². The first-order valence-electron chi connectivity index (χ1n) is 7.85. The number of ether oxygens (including phenoxy) is 1. The zero-order valence-electron chi connectivity index (χ0n) is 13.6. The lowest BCUT2D eigenvalue weighted by molar-refractivity contribution is -0.137. The molecule has 1 saturated heterocycles. The number of hydrogen-bond donors (Lipinski definition) is 2. The van der Waals surface area contributed by atoms with Gasteiger partial charge in [-0.2, -0.15) is 0 Å². The summed E-state index contributed by atoms with van der Waals surface area (Å²) in [5.74, 6) is -0.524. The van der Waals surface area contributed by atoms with Crippen molar-refractivity contribution >= 4 is 11.9 Å². The van der Waals surface area contributed by atoms with E-state index in [1.165, 1.54) is 0 Å². The molecule has 1 heterocycles. The highest BCUT2D eigenvalue weighted by Gasteiger charge is 2.29. The maximum atomic E-state index is 12.0. The molecule has 0 spiro atoms. The highest BCUT2D eigenvalue weighted by Crippen LogP contribution is 2.32. The number of amides is 1. The summed E-state index contributed by atoms with van der Waals surface area (Å²) in [5.41, 5.74) is 0.0402. The highest BCUT2D eigenvalue weighted by molar-refractivity contribution is 5.80. The van der Waals surface area contributed by atoms with Crippen LogP contribution in [0.5, 0.6) is 0 Å². The Morgan fingerprint density at radius 3 is 2.43 bits per heavy atom. The fourth-order valence-electron chi connectivity index (χ4n) is 2.79. The smallest absolute Gasteiger partial charge is 0.303 e. The van der Waals surface area contributed by atoms with Crippen LogP contribution in [0.3, 0.4) is 0 Å². The van der Waals surface area contributed by atoms with Gasteiger partial charge >= 0.3 is 5.97 Å². The quantitative estimate of drug-likeness (QED) is 0.757. The van der Waals surface area contributed by atoms with Gasteiger partial charge in [-0.25, -0.2) is 0 Å². The molecule has 3 unspecified atom stereocenters. The number of nitrogens with one attached hydrogen (secondary N) is 1. The fourth-order valence-corrected chi connectivity index (χ4v) is 2.79.